The lowest BCUT2D eigenvalue weighted by atomic mass is 9.74. The lowest BCUT2D eigenvalue weighted by Gasteiger charge is -2.42. The summed E-state index contributed by atoms with van der Waals surface area (Å²) in [6.45, 7) is -0.0139. The van der Waals surface area contributed by atoms with Gasteiger partial charge in [0.25, 0.3) is 18.2 Å². The number of nitrogens with one attached hydrogen (secondary N) is 2. The maximum atomic E-state index is 13.4. The molecule has 31 heavy (non-hydrogen) atoms. The van der Waals surface area contributed by atoms with Gasteiger partial charge in [0.1, 0.15) is 23.0 Å². The number of halogens is 4. The molecule has 1 heterocycles. The molecule has 0 bridgehead atoms. The van der Waals surface area contributed by atoms with Gasteiger partial charge in [0.2, 0.25) is 0 Å². The quantitative estimate of drug-likeness (QED) is 0.603. The van der Waals surface area contributed by atoms with Crippen molar-refractivity contribution in [2.75, 3.05) is 13.2 Å². The smallest absolute Gasteiger partial charge is 0.281 e. The Bertz CT molecular complexity index is 940. The first-order valence-corrected chi connectivity index (χ1v) is 9.93. The number of benzene rings is 1. The van der Waals surface area contributed by atoms with Gasteiger partial charge in [0.15, 0.2) is 6.61 Å². The number of amides is 2. The molecule has 0 radical (unpaired) electrons. The van der Waals surface area contributed by atoms with Gasteiger partial charge in [-0.2, -0.15) is 0 Å². The molecule has 0 spiro atoms. The SMILES string of the molecule is O=C(COc1ccc(Cl)c(F)c1)NCCC1(NC(=O)c2cnc(C(F)F)cn2)CCC1. The van der Waals surface area contributed by atoms with Crippen LogP contribution in [-0.2, 0) is 4.79 Å². The second-order valence-corrected chi connectivity index (χ2v) is 7.59. The summed E-state index contributed by atoms with van der Waals surface area (Å²) in [5, 5.41) is 5.52. The first-order valence-electron chi connectivity index (χ1n) is 9.55. The lowest BCUT2D eigenvalue weighted by Crippen LogP contribution is -2.55. The van der Waals surface area contributed by atoms with Crippen molar-refractivity contribution in [2.24, 2.45) is 0 Å². The minimum Gasteiger partial charge on any atom is -0.484 e. The number of aromatic nitrogens is 2. The van der Waals surface area contributed by atoms with Crippen LogP contribution < -0.4 is 15.4 Å². The van der Waals surface area contributed by atoms with E-state index in [0.29, 0.717) is 6.42 Å². The number of ether oxygens (including phenoxy) is 1. The van der Waals surface area contributed by atoms with Gasteiger partial charge in [-0.1, -0.05) is 11.6 Å². The summed E-state index contributed by atoms with van der Waals surface area (Å²) in [4.78, 5) is 31.6. The van der Waals surface area contributed by atoms with Crippen molar-refractivity contribution in [3.8, 4) is 5.75 Å². The van der Waals surface area contributed by atoms with E-state index in [4.69, 9.17) is 16.3 Å². The third-order valence-electron chi connectivity index (χ3n) is 5.00. The van der Waals surface area contributed by atoms with E-state index in [-0.39, 0.29) is 29.6 Å². The van der Waals surface area contributed by atoms with Gasteiger partial charge < -0.3 is 15.4 Å². The molecule has 2 aromatic rings. The summed E-state index contributed by atoms with van der Waals surface area (Å²) in [5.74, 6) is -1.37. The Morgan fingerprint density at radius 1 is 1.23 bits per heavy atom. The van der Waals surface area contributed by atoms with E-state index in [0.717, 1.165) is 37.7 Å². The monoisotopic (exact) mass is 456 g/mol. The molecule has 3 rings (SSSR count). The molecule has 0 aliphatic heterocycles. The number of carbonyl (C=O) groups excluding carboxylic acids is 2. The van der Waals surface area contributed by atoms with Crippen molar-refractivity contribution in [3.05, 3.63) is 52.8 Å². The fourth-order valence-electron chi connectivity index (χ4n) is 3.12. The predicted octanol–water partition coefficient (Wildman–Crippen LogP) is 3.44. The molecule has 7 nitrogen and oxygen atoms in total. The Kier molecular flexibility index (Phi) is 7.32. The highest BCUT2D eigenvalue weighted by Gasteiger charge is 2.38. The minimum absolute atomic E-state index is 0.0411. The van der Waals surface area contributed by atoms with Gasteiger partial charge in [-0.05, 0) is 37.8 Å². The van der Waals surface area contributed by atoms with Gasteiger partial charge in [-0.25, -0.2) is 18.2 Å². The second kappa shape index (κ2) is 9.95. The Balaban J connectivity index is 1.45. The average molecular weight is 457 g/mol. The van der Waals surface area contributed by atoms with Gasteiger partial charge >= 0.3 is 0 Å². The molecule has 1 aliphatic rings. The first kappa shape index (κ1) is 22.8. The third kappa shape index (κ3) is 6.06. The van der Waals surface area contributed by atoms with Gasteiger partial charge in [-0.15, -0.1) is 0 Å². The van der Waals surface area contributed by atoms with E-state index >= 15 is 0 Å². The molecule has 1 aromatic heterocycles. The molecular weight excluding hydrogens is 437 g/mol. The van der Waals surface area contributed by atoms with Crippen LogP contribution in [0, 0.1) is 5.82 Å². The van der Waals surface area contributed by atoms with E-state index in [9.17, 15) is 22.8 Å². The van der Waals surface area contributed by atoms with Crippen LogP contribution in [0.4, 0.5) is 13.2 Å². The fraction of sp³-hybridized carbons (Fsp3) is 0.400. The highest BCUT2D eigenvalue weighted by Crippen LogP contribution is 2.34. The summed E-state index contributed by atoms with van der Waals surface area (Å²) in [6.07, 6.45) is 1.96. The summed E-state index contributed by atoms with van der Waals surface area (Å²) >= 11 is 5.59. The maximum Gasteiger partial charge on any atom is 0.281 e. The van der Waals surface area contributed by atoms with Crippen molar-refractivity contribution in [3.63, 3.8) is 0 Å². The Morgan fingerprint density at radius 3 is 2.58 bits per heavy atom. The van der Waals surface area contributed by atoms with Crippen molar-refractivity contribution in [1.29, 1.82) is 0 Å². The largest absolute Gasteiger partial charge is 0.484 e. The molecule has 0 atom stereocenters. The van der Waals surface area contributed by atoms with E-state index in [1.54, 1.807) is 0 Å². The zero-order valence-corrected chi connectivity index (χ0v) is 17.1. The molecule has 2 N–H and O–H groups in total. The van der Waals surface area contributed by atoms with E-state index in [1.807, 2.05) is 0 Å². The number of carbonyl (C=O) groups is 2. The summed E-state index contributed by atoms with van der Waals surface area (Å²) in [6, 6.07) is 3.87. The van der Waals surface area contributed by atoms with Gasteiger partial charge in [0, 0.05) is 18.2 Å². The summed E-state index contributed by atoms with van der Waals surface area (Å²) in [5.41, 5.74) is -1.06. The first-order chi connectivity index (χ1) is 14.8. The highest BCUT2D eigenvalue weighted by molar-refractivity contribution is 6.30. The van der Waals surface area contributed by atoms with Crippen LogP contribution in [0.5, 0.6) is 5.75 Å². The van der Waals surface area contributed by atoms with E-state index in [2.05, 4.69) is 20.6 Å². The Labute approximate surface area is 181 Å². The van der Waals surface area contributed by atoms with Crippen molar-refractivity contribution < 1.29 is 27.5 Å². The van der Waals surface area contributed by atoms with Crippen molar-refractivity contribution >= 4 is 23.4 Å². The zero-order chi connectivity index (χ0) is 22.4. The molecule has 166 valence electrons. The third-order valence-corrected chi connectivity index (χ3v) is 5.31. The zero-order valence-electron chi connectivity index (χ0n) is 16.3. The summed E-state index contributed by atoms with van der Waals surface area (Å²) in [7, 11) is 0. The molecule has 1 aliphatic carbocycles. The number of nitrogens with zero attached hydrogens (tertiary/aromatic N) is 2. The molecule has 0 saturated heterocycles. The van der Waals surface area contributed by atoms with Crippen LogP contribution >= 0.6 is 11.6 Å². The fourth-order valence-corrected chi connectivity index (χ4v) is 3.24. The summed E-state index contributed by atoms with van der Waals surface area (Å²) < 4.78 is 43.7. The number of rotatable bonds is 9. The predicted molar refractivity (Wildman–Crippen MR) is 106 cm³/mol. The second-order valence-electron chi connectivity index (χ2n) is 7.18. The highest BCUT2D eigenvalue weighted by atomic mass is 35.5. The number of hydrogen-bond donors (Lipinski definition) is 2. The lowest BCUT2D eigenvalue weighted by molar-refractivity contribution is -0.123. The molecule has 0 unspecified atom stereocenters. The van der Waals surface area contributed by atoms with Crippen LogP contribution in [0.3, 0.4) is 0 Å². The minimum atomic E-state index is -2.76. The van der Waals surface area contributed by atoms with Crippen molar-refractivity contribution in [1.82, 2.24) is 20.6 Å². The molecule has 1 aromatic carbocycles. The average Bonchev–Trinajstić information content (AvgIpc) is 2.72. The van der Waals surface area contributed by atoms with Gasteiger partial charge in [0.05, 0.1) is 17.4 Å². The molecule has 1 fully saturated rings. The van der Waals surface area contributed by atoms with Crippen LogP contribution in [-0.4, -0.2) is 40.5 Å². The molecule has 2 amide bonds. The van der Waals surface area contributed by atoms with Crippen LogP contribution in [0.1, 0.15) is 48.3 Å². The molecule has 11 heteroatoms. The van der Waals surface area contributed by atoms with Crippen molar-refractivity contribution in [2.45, 2.75) is 37.6 Å². The normalized spacial score (nSPS) is 14.6. The van der Waals surface area contributed by atoms with Crippen LogP contribution in [0.2, 0.25) is 5.02 Å². The maximum absolute atomic E-state index is 13.4. The standard InChI is InChI=1S/C20H20ClF3N4O3/c21-13-3-2-12(8-14(13)22)31-11-17(29)25-7-6-20(4-1-5-20)28-19(30)16-10-26-15(9-27-16)18(23)24/h2-3,8-10,18H,1,4-7,11H2,(H,25,29)(H,28,30). The number of hydrogen-bond acceptors (Lipinski definition) is 5. The van der Waals surface area contributed by atoms with Crippen LogP contribution in [0.15, 0.2) is 30.6 Å². The molecular formula is C20H20ClF3N4O3. The molecule has 1 saturated carbocycles. The Morgan fingerprint density at radius 2 is 2.00 bits per heavy atom. The number of alkyl halides is 2. The Hall–Kier alpha value is -2.88. The topological polar surface area (TPSA) is 93.2 Å². The van der Waals surface area contributed by atoms with E-state index < -0.39 is 35.3 Å². The van der Waals surface area contributed by atoms with Crippen LogP contribution in [0.25, 0.3) is 0 Å². The van der Waals surface area contributed by atoms with Gasteiger partial charge in [-0.3, -0.25) is 14.6 Å². The van der Waals surface area contributed by atoms with E-state index in [1.165, 1.54) is 12.1 Å².